The molecule has 0 aliphatic carbocycles. The summed E-state index contributed by atoms with van der Waals surface area (Å²) in [6, 6.07) is 9.25. The molecule has 0 saturated carbocycles. The minimum Gasteiger partial charge on any atom is -0.497 e. The van der Waals surface area contributed by atoms with Gasteiger partial charge in [0.1, 0.15) is 11.4 Å². The zero-order valence-electron chi connectivity index (χ0n) is 14.4. The predicted molar refractivity (Wildman–Crippen MR) is 93.0 cm³/mol. The van der Waals surface area contributed by atoms with E-state index >= 15 is 0 Å². The van der Waals surface area contributed by atoms with Crippen molar-refractivity contribution in [1.82, 2.24) is 15.5 Å². The summed E-state index contributed by atoms with van der Waals surface area (Å²) in [5, 5.41) is 19.0. The molecule has 1 aromatic heterocycles. The third-order valence-corrected chi connectivity index (χ3v) is 3.93. The number of ether oxygens (including phenoxy) is 1. The van der Waals surface area contributed by atoms with Crippen LogP contribution in [-0.4, -0.2) is 41.5 Å². The predicted octanol–water partition coefficient (Wildman–Crippen LogP) is 2.61. The van der Waals surface area contributed by atoms with Crippen molar-refractivity contribution in [2.45, 2.75) is 26.7 Å². The number of H-pyrrole nitrogens is 1. The van der Waals surface area contributed by atoms with E-state index in [0.717, 1.165) is 24.2 Å². The number of benzene rings is 1. The van der Waals surface area contributed by atoms with E-state index in [0.29, 0.717) is 17.9 Å². The van der Waals surface area contributed by atoms with Gasteiger partial charge in [-0.25, -0.2) is 0 Å². The molecule has 24 heavy (non-hydrogen) atoms. The van der Waals surface area contributed by atoms with Gasteiger partial charge in [-0.05, 0) is 36.5 Å². The van der Waals surface area contributed by atoms with Crippen molar-refractivity contribution in [2.75, 3.05) is 20.3 Å². The second kappa shape index (κ2) is 7.97. The Bertz CT molecular complexity index is 680. The summed E-state index contributed by atoms with van der Waals surface area (Å²) in [5.41, 5.74) is 1.89. The molecule has 0 spiro atoms. The molecule has 1 amide bonds. The molecule has 6 nitrogen and oxygen atoms in total. The van der Waals surface area contributed by atoms with Crippen LogP contribution < -0.4 is 10.1 Å². The fourth-order valence-corrected chi connectivity index (χ4v) is 2.31. The van der Waals surface area contributed by atoms with E-state index in [1.807, 2.05) is 38.1 Å². The average molecular weight is 331 g/mol. The highest BCUT2D eigenvalue weighted by atomic mass is 16.5. The number of hydrogen-bond acceptors (Lipinski definition) is 4. The minimum atomic E-state index is -0.182. The van der Waals surface area contributed by atoms with E-state index in [1.54, 1.807) is 13.2 Å². The Morgan fingerprint density at radius 3 is 2.88 bits per heavy atom. The fourth-order valence-electron chi connectivity index (χ4n) is 2.31. The number of rotatable bonds is 8. The van der Waals surface area contributed by atoms with Gasteiger partial charge in [0.15, 0.2) is 0 Å². The van der Waals surface area contributed by atoms with E-state index in [9.17, 15) is 9.90 Å². The Balaban J connectivity index is 1.91. The van der Waals surface area contributed by atoms with Crippen molar-refractivity contribution >= 4 is 5.91 Å². The highest BCUT2D eigenvalue weighted by Crippen LogP contribution is 2.23. The first-order chi connectivity index (χ1) is 11.4. The van der Waals surface area contributed by atoms with Crippen LogP contribution in [0.1, 0.15) is 37.2 Å². The number of amides is 1. The first-order valence-electron chi connectivity index (χ1n) is 8.04. The van der Waals surface area contributed by atoms with Crippen LogP contribution in [0.15, 0.2) is 30.3 Å². The van der Waals surface area contributed by atoms with Gasteiger partial charge in [-0.1, -0.05) is 26.0 Å². The molecule has 0 atom stereocenters. The molecule has 0 fully saturated rings. The Hall–Kier alpha value is -2.34. The molecule has 2 aromatic rings. The average Bonchev–Trinajstić information content (AvgIpc) is 3.09. The van der Waals surface area contributed by atoms with Crippen LogP contribution in [0.3, 0.4) is 0 Å². The standard InChI is InChI=1S/C18H25N3O3/c1-18(2,12-22)8-5-9-19-17(23)16-11-15(20-21-16)13-6-4-7-14(10-13)24-3/h4,6-7,10-11,22H,5,8-9,12H2,1-3H3,(H,19,23)(H,20,21). The maximum Gasteiger partial charge on any atom is 0.269 e. The summed E-state index contributed by atoms with van der Waals surface area (Å²) < 4.78 is 5.20. The van der Waals surface area contributed by atoms with Gasteiger partial charge in [0.05, 0.1) is 12.8 Å². The van der Waals surface area contributed by atoms with Crippen LogP contribution in [0.4, 0.5) is 0 Å². The highest BCUT2D eigenvalue weighted by Gasteiger charge is 2.16. The number of aliphatic hydroxyl groups is 1. The van der Waals surface area contributed by atoms with E-state index in [1.165, 1.54) is 0 Å². The Morgan fingerprint density at radius 1 is 1.38 bits per heavy atom. The Kier molecular flexibility index (Phi) is 5.98. The Morgan fingerprint density at radius 2 is 2.17 bits per heavy atom. The molecule has 0 bridgehead atoms. The molecule has 0 aliphatic heterocycles. The highest BCUT2D eigenvalue weighted by molar-refractivity contribution is 5.93. The summed E-state index contributed by atoms with van der Waals surface area (Å²) >= 11 is 0. The van der Waals surface area contributed by atoms with Crippen molar-refractivity contribution in [3.05, 3.63) is 36.0 Å². The van der Waals surface area contributed by atoms with Crippen LogP contribution in [0.25, 0.3) is 11.3 Å². The summed E-state index contributed by atoms with van der Waals surface area (Å²) in [7, 11) is 1.61. The van der Waals surface area contributed by atoms with Gasteiger partial charge in [0.2, 0.25) is 0 Å². The number of hydrogen-bond donors (Lipinski definition) is 3. The third kappa shape index (κ3) is 4.83. The van der Waals surface area contributed by atoms with Crippen molar-refractivity contribution < 1.29 is 14.6 Å². The number of nitrogens with one attached hydrogen (secondary N) is 2. The van der Waals surface area contributed by atoms with Crippen LogP contribution in [0.2, 0.25) is 0 Å². The van der Waals surface area contributed by atoms with E-state index < -0.39 is 0 Å². The molecule has 2 rings (SSSR count). The molecule has 130 valence electrons. The molecule has 6 heteroatoms. The molecule has 1 heterocycles. The van der Waals surface area contributed by atoms with E-state index in [4.69, 9.17) is 4.74 Å². The van der Waals surface area contributed by atoms with E-state index in [2.05, 4.69) is 15.5 Å². The van der Waals surface area contributed by atoms with Crippen LogP contribution in [0, 0.1) is 5.41 Å². The fraction of sp³-hybridized carbons (Fsp3) is 0.444. The van der Waals surface area contributed by atoms with Crippen LogP contribution in [-0.2, 0) is 0 Å². The largest absolute Gasteiger partial charge is 0.497 e. The summed E-state index contributed by atoms with van der Waals surface area (Å²) in [6.45, 7) is 4.72. The SMILES string of the molecule is COc1cccc(-c2cc(C(=O)NCCCC(C)(C)CO)[nH]n2)c1. The van der Waals surface area contributed by atoms with Gasteiger partial charge >= 0.3 is 0 Å². The van der Waals surface area contributed by atoms with Gasteiger partial charge in [-0.15, -0.1) is 0 Å². The number of aromatic nitrogens is 2. The van der Waals surface area contributed by atoms with Crippen LogP contribution in [0.5, 0.6) is 5.75 Å². The lowest BCUT2D eigenvalue weighted by molar-refractivity contribution is 0.0943. The van der Waals surface area contributed by atoms with Gasteiger partial charge in [-0.2, -0.15) is 5.10 Å². The topological polar surface area (TPSA) is 87.2 Å². The number of aromatic amines is 1. The molecule has 0 saturated heterocycles. The molecule has 0 unspecified atom stereocenters. The molecular weight excluding hydrogens is 306 g/mol. The van der Waals surface area contributed by atoms with Crippen molar-refractivity contribution in [2.24, 2.45) is 5.41 Å². The van der Waals surface area contributed by atoms with Crippen molar-refractivity contribution in [3.63, 3.8) is 0 Å². The number of carbonyl (C=O) groups excluding carboxylic acids is 1. The first kappa shape index (κ1) is 18.0. The summed E-state index contributed by atoms with van der Waals surface area (Å²) in [5.74, 6) is 0.562. The first-order valence-corrected chi connectivity index (χ1v) is 8.04. The lowest BCUT2D eigenvalue weighted by atomic mass is 9.89. The monoisotopic (exact) mass is 331 g/mol. The van der Waals surface area contributed by atoms with Crippen LogP contribution >= 0.6 is 0 Å². The molecule has 1 aromatic carbocycles. The van der Waals surface area contributed by atoms with Gasteiger partial charge < -0.3 is 15.2 Å². The number of methoxy groups -OCH3 is 1. The molecule has 0 aliphatic rings. The van der Waals surface area contributed by atoms with Crippen molar-refractivity contribution in [3.8, 4) is 17.0 Å². The Labute approximate surface area is 142 Å². The number of aliphatic hydroxyl groups excluding tert-OH is 1. The maximum absolute atomic E-state index is 12.2. The third-order valence-electron chi connectivity index (χ3n) is 3.93. The zero-order chi connectivity index (χ0) is 17.6. The number of carbonyl (C=O) groups is 1. The second-order valence-electron chi connectivity index (χ2n) is 6.58. The zero-order valence-corrected chi connectivity index (χ0v) is 14.4. The molecular formula is C18H25N3O3. The summed E-state index contributed by atoms with van der Waals surface area (Å²) in [6.07, 6.45) is 1.66. The molecule has 3 N–H and O–H groups in total. The van der Waals surface area contributed by atoms with Gasteiger partial charge in [0.25, 0.3) is 5.91 Å². The maximum atomic E-state index is 12.2. The van der Waals surface area contributed by atoms with Gasteiger partial charge in [0, 0.05) is 18.7 Å². The molecule has 0 radical (unpaired) electrons. The lowest BCUT2D eigenvalue weighted by Gasteiger charge is -2.21. The normalized spacial score (nSPS) is 11.3. The quantitative estimate of drug-likeness (QED) is 0.649. The smallest absolute Gasteiger partial charge is 0.269 e. The summed E-state index contributed by atoms with van der Waals surface area (Å²) in [4.78, 5) is 12.2. The number of nitrogens with zero attached hydrogens (tertiary/aromatic N) is 1. The van der Waals surface area contributed by atoms with E-state index in [-0.39, 0.29) is 17.9 Å². The van der Waals surface area contributed by atoms with Gasteiger partial charge in [-0.3, -0.25) is 9.89 Å². The van der Waals surface area contributed by atoms with Crippen molar-refractivity contribution in [1.29, 1.82) is 0 Å². The second-order valence-corrected chi connectivity index (χ2v) is 6.58. The lowest BCUT2D eigenvalue weighted by Crippen LogP contribution is -2.26. The minimum absolute atomic E-state index is 0.113.